The maximum atomic E-state index is 11.1. The molecule has 1 aromatic carbocycles. The molecule has 8 heteroatoms. The van der Waals surface area contributed by atoms with Crippen LogP contribution in [0.1, 0.15) is 6.92 Å². The Bertz CT molecular complexity index is 481. The van der Waals surface area contributed by atoms with Crippen LogP contribution in [0.4, 0.5) is 5.69 Å². The highest BCUT2D eigenvalue weighted by Crippen LogP contribution is 2.34. The Kier molecular flexibility index (Phi) is 5.71. The number of likely N-dealkylation sites (N-methyl/N-ethyl adjacent to an activating group) is 1. The highest BCUT2D eigenvalue weighted by Gasteiger charge is 2.21. The first kappa shape index (κ1) is 15.4. The number of carbonyl (C=O) groups is 1. The zero-order valence-corrected chi connectivity index (χ0v) is 11.8. The molecule has 104 valence electrons. The van der Waals surface area contributed by atoms with Gasteiger partial charge in [0.25, 0.3) is 0 Å². The molecule has 0 heterocycles. The number of rotatable bonds is 7. The van der Waals surface area contributed by atoms with Crippen molar-refractivity contribution >= 4 is 27.5 Å². The first-order valence-electron chi connectivity index (χ1n) is 5.55. The zero-order chi connectivity index (χ0) is 14.4. The summed E-state index contributed by atoms with van der Waals surface area (Å²) in [6.45, 7) is 2.28. The van der Waals surface area contributed by atoms with Gasteiger partial charge in [0.05, 0.1) is 9.40 Å². The second-order valence-corrected chi connectivity index (χ2v) is 4.52. The van der Waals surface area contributed by atoms with Crippen LogP contribution in [0.5, 0.6) is 5.75 Å². The number of para-hydroxylation sites is 1. The molecule has 3 N–H and O–H groups in total. The maximum Gasteiger partial charge on any atom is 0.312 e. The minimum Gasteiger partial charge on any atom is -0.484 e. The first-order chi connectivity index (χ1) is 8.97. The Balaban J connectivity index is 2.87. The third-order valence-corrected chi connectivity index (χ3v) is 2.96. The van der Waals surface area contributed by atoms with E-state index in [0.29, 0.717) is 11.0 Å². The van der Waals surface area contributed by atoms with E-state index in [2.05, 4.69) is 21.2 Å². The summed E-state index contributed by atoms with van der Waals surface area (Å²) in [5.74, 6) is -0.492. The van der Waals surface area contributed by atoms with Crippen molar-refractivity contribution in [2.75, 3.05) is 13.2 Å². The number of primary amides is 1. The number of amides is 1. The highest BCUT2D eigenvalue weighted by atomic mass is 79.9. The number of nitrogens with one attached hydrogen (secondary N) is 1. The number of hydrogen-bond donors (Lipinski definition) is 2. The van der Waals surface area contributed by atoms with Crippen molar-refractivity contribution in [3.8, 4) is 5.75 Å². The summed E-state index contributed by atoms with van der Waals surface area (Å²) >= 11 is 3.18. The summed E-state index contributed by atoms with van der Waals surface area (Å²) < 4.78 is 5.80. The third kappa shape index (κ3) is 4.18. The van der Waals surface area contributed by atoms with Gasteiger partial charge in [-0.25, -0.2) is 0 Å². The van der Waals surface area contributed by atoms with E-state index < -0.39 is 16.9 Å². The van der Waals surface area contributed by atoms with Crippen LogP contribution in [0.2, 0.25) is 0 Å². The Labute approximate surface area is 118 Å². The minimum absolute atomic E-state index is 0.0768. The molecule has 19 heavy (non-hydrogen) atoms. The van der Waals surface area contributed by atoms with E-state index in [1.165, 1.54) is 12.1 Å². The van der Waals surface area contributed by atoms with Crippen molar-refractivity contribution in [1.82, 2.24) is 5.32 Å². The molecule has 1 atom stereocenters. The van der Waals surface area contributed by atoms with Gasteiger partial charge in [0, 0.05) is 6.07 Å². The number of nitrogens with zero attached hydrogens (tertiary/aromatic N) is 1. The zero-order valence-electron chi connectivity index (χ0n) is 10.3. The lowest BCUT2D eigenvalue weighted by Crippen LogP contribution is -2.45. The highest BCUT2D eigenvalue weighted by molar-refractivity contribution is 9.10. The van der Waals surface area contributed by atoms with Crippen molar-refractivity contribution in [1.29, 1.82) is 0 Å². The summed E-state index contributed by atoms with van der Waals surface area (Å²) in [5.41, 5.74) is 5.02. The van der Waals surface area contributed by atoms with Crippen LogP contribution in [-0.4, -0.2) is 30.0 Å². The first-order valence-corrected chi connectivity index (χ1v) is 6.35. The number of nitro groups is 1. The van der Waals surface area contributed by atoms with E-state index in [1.807, 2.05) is 6.92 Å². The van der Waals surface area contributed by atoms with Crippen LogP contribution < -0.4 is 15.8 Å². The number of hydrogen-bond acceptors (Lipinski definition) is 5. The summed E-state index contributed by atoms with van der Waals surface area (Å²) in [6.07, 6.45) is 0. The van der Waals surface area contributed by atoms with Gasteiger partial charge in [0.1, 0.15) is 12.6 Å². The van der Waals surface area contributed by atoms with Gasteiger partial charge in [0.2, 0.25) is 11.7 Å². The number of carbonyl (C=O) groups excluding carboxylic acids is 1. The molecule has 7 nitrogen and oxygen atoms in total. The van der Waals surface area contributed by atoms with Gasteiger partial charge in [-0.1, -0.05) is 13.0 Å². The molecule has 1 rings (SSSR count). The van der Waals surface area contributed by atoms with Gasteiger partial charge in [-0.2, -0.15) is 0 Å². The number of nitro benzene ring substituents is 1. The number of benzene rings is 1. The molecular formula is C11H14BrN3O4. The predicted molar refractivity (Wildman–Crippen MR) is 73.0 cm³/mol. The second-order valence-electron chi connectivity index (χ2n) is 3.67. The van der Waals surface area contributed by atoms with Gasteiger partial charge in [-0.3, -0.25) is 14.9 Å². The monoisotopic (exact) mass is 331 g/mol. The molecule has 0 spiro atoms. The Morgan fingerprint density at radius 2 is 2.32 bits per heavy atom. The maximum absolute atomic E-state index is 11.1. The number of halogens is 1. The van der Waals surface area contributed by atoms with Crippen molar-refractivity contribution < 1.29 is 14.5 Å². The molecule has 0 saturated heterocycles. The van der Waals surface area contributed by atoms with Crippen LogP contribution in [-0.2, 0) is 4.79 Å². The van der Waals surface area contributed by atoms with Gasteiger partial charge in [0.15, 0.2) is 0 Å². The fourth-order valence-electron chi connectivity index (χ4n) is 1.44. The average Bonchev–Trinajstić information content (AvgIpc) is 2.34. The SMILES string of the molecule is CCNC(COc1c(Br)cccc1[N+](=O)[O-])C(N)=O. The lowest BCUT2D eigenvalue weighted by molar-refractivity contribution is -0.386. The molecule has 0 saturated carbocycles. The largest absolute Gasteiger partial charge is 0.484 e. The molecule has 0 bridgehead atoms. The molecule has 0 radical (unpaired) electrons. The van der Waals surface area contributed by atoms with Crippen LogP contribution >= 0.6 is 15.9 Å². The molecule has 0 aliphatic heterocycles. The summed E-state index contributed by atoms with van der Waals surface area (Å²) in [4.78, 5) is 21.5. The van der Waals surface area contributed by atoms with Crippen LogP contribution in [0.25, 0.3) is 0 Å². The van der Waals surface area contributed by atoms with Gasteiger partial charge in [-0.05, 0) is 28.5 Å². The summed E-state index contributed by atoms with van der Waals surface area (Å²) in [6, 6.07) is 3.78. The lowest BCUT2D eigenvalue weighted by atomic mass is 10.2. The molecule has 1 amide bonds. The number of nitrogens with two attached hydrogens (primary N) is 1. The Morgan fingerprint density at radius 3 is 2.84 bits per heavy atom. The van der Waals surface area contributed by atoms with E-state index >= 15 is 0 Å². The van der Waals surface area contributed by atoms with Crippen molar-refractivity contribution in [2.24, 2.45) is 5.73 Å². The van der Waals surface area contributed by atoms with E-state index in [1.54, 1.807) is 6.07 Å². The molecule has 0 aromatic heterocycles. The number of ether oxygens (including phenoxy) is 1. The third-order valence-electron chi connectivity index (χ3n) is 2.33. The quantitative estimate of drug-likeness (QED) is 0.576. The van der Waals surface area contributed by atoms with Gasteiger partial charge in [-0.15, -0.1) is 0 Å². The van der Waals surface area contributed by atoms with Crippen molar-refractivity contribution in [2.45, 2.75) is 13.0 Å². The van der Waals surface area contributed by atoms with Crippen LogP contribution in [0, 0.1) is 10.1 Å². The second kappa shape index (κ2) is 7.05. The molecule has 0 aliphatic carbocycles. The Hall–Kier alpha value is -1.67. The molecular weight excluding hydrogens is 318 g/mol. The topological polar surface area (TPSA) is 107 Å². The smallest absolute Gasteiger partial charge is 0.312 e. The fourth-order valence-corrected chi connectivity index (χ4v) is 1.91. The lowest BCUT2D eigenvalue weighted by Gasteiger charge is -2.15. The summed E-state index contributed by atoms with van der Waals surface area (Å²) in [7, 11) is 0. The normalized spacial score (nSPS) is 11.9. The van der Waals surface area contributed by atoms with Crippen LogP contribution in [0.15, 0.2) is 22.7 Å². The molecule has 1 unspecified atom stereocenters. The van der Waals surface area contributed by atoms with E-state index in [4.69, 9.17) is 10.5 Å². The van der Waals surface area contributed by atoms with E-state index in [0.717, 1.165) is 0 Å². The molecule has 0 fully saturated rings. The van der Waals surface area contributed by atoms with Gasteiger partial charge < -0.3 is 15.8 Å². The fraction of sp³-hybridized carbons (Fsp3) is 0.364. The molecule has 0 aliphatic rings. The van der Waals surface area contributed by atoms with Crippen LogP contribution in [0.3, 0.4) is 0 Å². The minimum atomic E-state index is -0.697. The van der Waals surface area contributed by atoms with Crippen molar-refractivity contribution in [3.05, 3.63) is 32.8 Å². The van der Waals surface area contributed by atoms with Gasteiger partial charge >= 0.3 is 5.69 Å². The average molecular weight is 332 g/mol. The molecule has 1 aromatic rings. The standard InChI is InChI=1S/C11H14BrN3O4/c1-2-14-8(11(13)16)6-19-10-7(12)4-3-5-9(10)15(17)18/h3-5,8,14H,2,6H2,1H3,(H2,13,16). The van der Waals surface area contributed by atoms with E-state index in [9.17, 15) is 14.9 Å². The predicted octanol–water partition coefficient (Wildman–Crippen LogP) is 1.20. The summed E-state index contributed by atoms with van der Waals surface area (Å²) in [5, 5.41) is 13.7. The van der Waals surface area contributed by atoms with E-state index in [-0.39, 0.29) is 18.0 Å². The Morgan fingerprint density at radius 1 is 1.63 bits per heavy atom. The van der Waals surface area contributed by atoms with Crippen molar-refractivity contribution in [3.63, 3.8) is 0 Å².